The summed E-state index contributed by atoms with van der Waals surface area (Å²) >= 11 is 0. The van der Waals surface area contributed by atoms with Gasteiger partial charge in [0.15, 0.2) is 0 Å². The van der Waals surface area contributed by atoms with E-state index in [2.05, 4.69) is 0 Å². The zero-order chi connectivity index (χ0) is 11.1. The first-order valence-corrected chi connectivity index (χ1v) is 4.92. The predicted octanol–water partition coefficient (Wildman–Crippen LogP) is 1.12. The maximum atomic E-state index is 8.58. The van der Waals surface area contributed by atoms with Crippen molar-refractivity contribution in [2.45, 2.75) is 12.8 Å². The molecule has 1 aromatic rings. The number of aliphatic hydroxyl groups excluding tert-OH is 1. The zero-order valence-electron chi connectivity index (χ0n) is 8.57. The van der Waals surface area contributed by atoms with Gasteiger partial charge in [-0.3, -0.25) is 5.41 Å². The third-order valence-corrected chi connectivity index (χ3v) is 1.97. The van der Waals surface area contributed by atoms with Crippen molar-refractivity contribution in [3.8, 4) is 5.75 Å². The summed E-state index contributed by atoms with van der Waals surface area (Å²) in [5.41, 5.74) is 6.02. The molecule has 0 atom stereocenters. The number of nitrogens with two attached hydrogens (primary N) is 1. The summed E-state index contributed by atoms with van der Waals surface area (Å²) in [6.07, 6.45) is 1.56. The Labute approximate surface area is 89.2 Å². The van der Waals surface area contributed by atoms with Crippen molar-refractivity contribution >= 4 is 5.84 Å². The SMILES string of the molecule is N=C(N)c1cccc(OCCCCO)c1. The highest BCUT2D eigenvalue weighted by atomic mass is 16.5. The molecule has 0 fully saturated rings. The Hall–Kier alpha value is -1.55. The molecule has 1 rings (SSSR count). The number of aliphatic hydroxyl groups is 1. The molecular weight excluding hydrogens is 192 g/mol. The second-order valence-electron chi connectivity index (χ2n) is 3.22. The molecular formula is C11H16N2O2. The number of rotatable bonds is 6. The van der Waals surface area contributed by atoms with Crippen LogP contribution >= 0.6 is 0 Å². The molecule has 0 amide bonds. The summed E-state index contributed by atoms with van der Waals surface area (Å²) in [6, 6.07) is 7.13. The van der Waals surface area contributed by atoms with Gasteiger partial charge in [0.05, 0.1) is 6.61 Å². The van der Waals surface area contributed by atoms with E-state index in [9.17, 15) is 0 Å². The summed E-state index contributed by atoms with van der Waals surface area (Å²) in [7, 11) is 0. The zero-order valence-corrected chi connectivity index (χ0v) is 8.57. The summed E-state index contributed by atoms with van der Waals surface area (Å²) in [4.78, 5) is 0. The van der Waals surface area contributed by atoms with Crippen molar-refractivity contribution in [1.29, 1.82) is 5.41 Å². The van der Waals surface area contributed by atoms with Crippen LogP contribution in [-0.2, 0) is 0 Å². The predicted molar refractivity (Wildman–Crippen MR) is 59.3 cm³/mol. The minimum atomic E-state index is 0.0378. The van der Waals surface area contributed by atoms with Gasteiger partial charge < -0.3 is 15.6 Å². The van der Waals surface area contributed by atoms with Crippen LogP contribution in [0.25, 0.3) is 0 Å². The molecule has 0 heterocycles. The number of nitrogens with one attached hydrogen (secondary N) is 1. The standard InChI is InChI=1S/C11H16N2O2/c12-11(13)9-4-3-5-10(8-9)15-7-2-1-6-14/h3-5,8,14H,1-2,6-7H2,(H3,12,13). The topological polar surface area (TPSA) is 79.3 Å². The van der Waals surface area contributed by atoms with E-state index in [1.807, 2.05) is 6.07 Å². The van der Waals surface area contributed by atoms with Crippen LogP contribution in [0.1, 0.15) is 18.4 Å². The molecule has 0 aliphatic carbocycles. The normalized spacial score (nSPS) is 9.93. The van der Waals surface area contributed by atoms with Crippen molar-refractivity contribution in [2.75, 3.05) is 13.2 Å². The van der Waals surface area contributed by atoms with Crippen molar-refractivity contribution in [3.05, 3.63) is 29.8 Å². The Kier molecular flexibility index (Phi) is 4.63. The number of ether oxygens (including phenoxy) is 1. The monoisotopic (exact) mass is 208 g/mol. The van der Waals surface area contributed by atoms with E-state index in [-0.39, 0.29) is 12.4 Å². The van der Waals surface area contributed by atoms with E-state index in [0.717, 1.165) is 12.8 Å². The van der Waals surface area contributed by atoms with E-state index in [1.165, 1.54) is 0 Å². The molecule has 0 saturated carbocycles. The lowest BCUT2D eigenvalue weighted by Gasteiger charge is -2.06. The lowest BCUT2D eigenvalue weighted by molar-refractivity contribution is 0.253. The molecule has 0 saturated heterocycles. The fraction of sp³-hybridized carbons (Fsp3) is 0.364. The van der Waals surface area contributed by atoms with Gasteiger partial charge in [0.2, 0.25) is 0 Å². The minimum Gasteiger partial charge on any atom is -0.494 e. The van der Waals surface area contributed by atoms with Crippen LogP contribution in [0, 0.1) is 5.41 Å². The Morgan fingerprint density at radius 2 is 2.20 bits per heavy atom. The van der Waals surface area contributed by atoms with Gasteiger partial charge in [-0.05, 0) is 25.0 Å². The number of hydrogen-bond donors (Lipinski definition) is 3. The highest BCUT2D eigenvalue weighted by Gasteiger charge is 1.98. The second-order valence-corrected chi connectivity index (χ2v) is 3.22. The first-order valence-electron chi connectivity index (χ1n) is 4.92. The van der Waals surface area contributed by atoms with E-state index < -0.39 is 0 Å². The Morgan fingerprint density at radius 3 is 2.87 bits per heavy atom. The molecule has 4 nitrogen and oxygen atoms in total. The van der Waals surface area contributed by atoms with Gasteiger partial charge in [-0.15, -0.1) is 0 Å². The molecule has 15 heavy (non-hydrogen) atoms. The number of unbranched alkanes of at least 4 members (excludes halogenated alkanes) is 1. The smallest absolute Gasteiger partial charge is 0.122 e. The molecule has 4 N–H and O–H groups in total. The Morgan fingerprint density at radius 1 is 1.40 bits per heavy atom. The third-order valence-electron chi connectivity index (χ3n) is 1.97. The van der Waals surface area contributed by atoms with Gasteiger partial charge in [-0.1, -0.05) is 12.1 Å². The van der Waals surface area contributed by atoms with Crippen LogP contribution in [-0.4, -0.2) is 24.2 Å². The highest BCUT2D eigenvalue weighted by molar-refractivity contribution is 5.95. The van der Waals surface area contributed by atoms with E-state index in [0.29, 0.717) is 17.9 Å². The number of benzene rings is 1. The molecule has 0 aromatic heterocycles. The van der Waals surface area contributed by atoms with E-state index in [4.69, 9.17) is 21.0 Å². The lowest BCUT2D eigenvalue weighted by Crippen LogP contribution is -2.11. The summed E-state index contributed by atoms with van der Waals surface area (Å²) in [5.74, 6) is 0.747. The number of amidine groups is 1. The lowest BCUT2D eigenvalue weighted by atomic mass is 10.2. The quantitative estimate of drug-likeness (QED) is 0.372. The number of hydrogen-bond acceptors (Lipinski definition) is 3. The average Bonchev–Trinajstić information content (AvgIpc) is 2.25. The molecule has 0 spiro atoms. The first-order chi connectivity index (χ1) is 7.24. The van der Waals surface area contributed by atoms with Crippen LogP contribution in [0.4, 0.5) is 0 Å². The van der Waals surface area contributed by atoms with Gasteiger partial charge in [0, 0.05) is 12.2 Å². The van der Waals surface area contributed by atoms with Gasteiger partial charge in [0.1, 0.15) is 11.6 Å². The van der Waals surface area contributed by atoms with Crippen molar-refractivity contribution in [2.24, 2.45) is 5.73 Å². The molecule has 0 aliphatic heterocycles. The van der Waals surface area contributed by atoms with Crippen LogP contribution in [0.2, 0.25) is 0 Å². The maximum Gasteiger partial charge on any atom is 0.122 e. The van der Waals surface area contributed by atoms with Crippen molar-refractivity contribution in [1.82, 2.24) is 0 Å². The summed E-state index contributed by atoms with van der Waals surface area (Å²) in [5, 5.41) is 15.8. The summed E-state index contributed by atoms with van der Waals surface area (Å²) < 4.78 is 5.44. The fourth-order valence-electron chi connectivity index (χ4n) is 1.16. The first kappa shape index (κ1) is 11.5. The molecule has 0 unspecified atom stereocenters. The van der Waals surface area contributed by atoms with E-state index >= 15 is 0 Å². The highest BCUT2D eigenvalue weighted by Crippen LogP contribution is 2.13. The maximum absolute atomic E-state index is 8.58. The van der Waals surface area contributed by atoms with Crippen LogP contribution in [0.15, 0.2) is 24.3 Å². The largest absolute Gasteiger partial charge is 0.494 e. The molecule has 82 valence electrons. The molecule has 0 bridgehead atoms. The van der Waals surface area contributed by atoms with Gasteiger partial charge in [0.25, 0.3) is 0 Å². The number of nitrogen functional groups attached to an aromatic ring is 1. The van der Waals surface area contributed by atoms with Crippen LogP contribution < -0.4 is 10.5 Å². The van der Waals surface area contributed by atoms with E-state index in [1.54, 1.807) is 18.2 Å². The third kappa shape index (κ3) is 3.99. The Balaban J connectivity index is 2.47. The minimum absolute atomic E-state index is 0.0378. The van der Waals surface area contributed by atoms with Crippen LogP contribution in [0.3, 0.4) is 0 Å². The molecule has 0 radical (unpaired) electrons. The average molecular weight is 208 g/mol. The summed E-state index contributed by atoms with van der Waals surface area (Å²) in [6.45, 7) is 0.763. The van der Waals surface area contributed by atoms with Crippen LogP contribution in [0.5, 0.6) is 5.75 Å². The molecule has 0 aliphatic rings. The molecule has 4 heteroatoms. The van der Waals surface area contributed by atoms with Gasteiger partial charge in [-0.2, -0.15) is 0 Å². The molecule has 1 aromatic carbocycles. The Bertz CT molecular complexity index is 326. The fourth-order valence-corrected chi connectivity index (χ4v) is 1.16. The van der Waals surface area contributed by atoms with Crippen molar-refractivity contribution in [3.63, 3.8) is 0 Å². The van der Waals surface area contributed by atoms with Crippen molar-refractivity contribution < 1.29 is 9.84 Å². The second kappa shape index (κ2) is 6.03. The van der Waals surface area contributed by atoms with Gasteiger partial charge >= 0.3 is 0 Å². The van der Waals surface area contributed by atoms with Gasteiger partial charge in [-0.25, -0.2) is 0 Å².